The average molecular weight is 328 g/mol. The normalized spacial score (nSPS) is 52.6. The molecule has 2 heterocycles. The Morgan fingerprint density at radius 3 is 1.00 bits per heavy atom. The smallest absolute Gasteiger partial charge is 0.183 e. The number of aliphatic hydroxyl groups is 8. The minimum Gasteiger partial charge on any atom is -0.388 e. The molecule has 2 unspecified atom stereocenters. The number of hydrogen-bond acceptors (Lipinski definition) is 10. The number of aliphatic hydroxyl groups excluding tert-OH is 8. The van der Waals surface area contributed by atoms with Crippen molar-refractivity contribution >= 4 is 0 Å². The van der Waals surface area contributed by atoms with E-state index in [4.69, 9.17) is 40.9 Å². The second-order valence-electron chi connectivity index (χ2n) is 5.41. The van der Waals surface area contributed by atoms with Gasteiger partial charge < -0.3 is 50.3 Å². The summed E-state index contributed by atoms with van der Waals surface area (Å²) in [6.45, 7) is 3.01. The molecule has 2 fully saturated rings. The van der Waals surface area contributed by atoms with E-state index in [0.29, 0.717) is 0 Å². The van der Waals surface area contributed by atoms with Crippen molar-refractivity contribution in [2.45, 2.75) is 75.3 Å². The van der Waals surface area contributed by atoms with Gasteiger partial charge in [-0.1, -0.05) is 0 Å². The maximum absolute atomic E-state index is 9.09. The molecule has 0 spiro atoms. The summed E-state index contributed by atoms with van der Waals surface area (Å²) in [5.74, 6) is 0. The zero-order valence-electron chi connectivity index (χ0n) is 12.2. The summed E-state index contributed by atoms with van der Waals surface area (Å²) in [7, 11) is 0. The molecule has 0 radical (unpaired) electrons. The first-order chi connectivity index (χ1) is 10.1. The van der Waals surface area contributed by atoms with E-state index < -0.39 is 61.4 Å². The first-order valence-corrected chi connectivity index (χ1v) is 6.83. The summed E-state index contributed by atoms with van der Waals surface area (Å²) < 4.78 is 9.35. The maximum atomic E-state index is 9.09. The molecule has 132 valence electrons. The van der Waals surface area contributed by atoms with Crippen LogP contribution in [0.15, 0.2) is 0 Å². The molecule has 0 amide bonds. The third-order valence-electron chi connectivity index (χ3n) is 3.65. The van der Waals surface area contributed by atoms with Gasteiger partial charge in [-0.2, -0.15) is 0 Å². The second-order valence-corrected chi connectivity index (χ2v) is 5.41. The standard InChI is InChI=1S/2C6H12O5/c2*1-2-3(7)4(8)5(9)6(10)11-2/h2*2-10H,1H3/t2*2-,3+,4+,5-,6?/m00/s1. The SMILES string of the molecule is C[C@@H]1OC(O)[C@@H](O)[C@H](O)[C@@H]1O.C[C@@H]1OC(O)[C@@H](O)[C@H](O)[C@@H]1O. The fraction of sp³-hybridized carbons (Fsp3) is 1.00. The fourth-order valence-electron chi connectivity index (χ4n) is 2.06. The van der Waals surface area contributed by atoms with Crippen LogP contribution in [0.4, 0.5) is 0 Å². The van der Waals surface area contributed by atoms with Gasteiger partial charge in [-0.15, -0.1) is 0 Å². The first-order valence-electron chi connectivity index (χ1n) is 6.83. The highest BCUT2D eigenvalue weighted by Gasteiger charge is 2.41. The lowest BCUT2D eigenvalue weighted by atomic mass is 10.0. The molecular weight excluding hydrogens is 304 g/mol. The predicted octanol–water partition coefficient (Wildman–Crippen LogP) is -4.39. The Morgan fingerprint density at radius 1 is 0.455 bits per heavy atom. The molecular formula is C12H24O10. The molecule has 0 aromatic heterocycles. The van der Waals surface area contributed by atoms with E-state index in [-0.39, 0.29) is 0 Å². The Hall–Kier alpha value is -0.400. The zero-order valence-corrected chi connectivity index (χ0v) is 12.2. The van der Waals surface area contributed by atoms with Crippen LogP contribution in [-0.2, 0) is 9.47 Å². The van der Waals surface area contributed by atoms with Crippen LogP contribution in [0.5, 0.6) is 0 Å². The van der Waals surface area contributed by atoms with Gasteiger partial charge in [0.2, 0.25) is 0 Å². The van der Waals surface area contributed by atoms with E-state index in [1.807, 2.05) is 0 Å². The molecule has 2 saturated heterocycles. The Labute approximate surface area is 126 Å². The van der Waals surface area contributed by atoms with Crippen LogP contribution in [0.25, 0.3) is 0 Å². The Bertz CT molecular complexity index is 282. The van der Waals surface area contributed by atoms with Crippen LogP contribution in [-0.4, -0.2) is 102 Å². The van der Waals surface area contributed by atoms with E-state index in [9.17, 15) is 0 Å². The van der Waals surface area contributed by atoms with Crippen LogP contribution < -0.4 is 0 Å². The average Bonchev–Trinajstić information content (AvgIpc) is 2.47. The van der Waals surface area contributed by atoms with E-state index >= 15 is 0 Å². The van der Waals surface area contributed by atoms with Crippen molar-refractivity contribution < 1.29 is 50.3 Å². The van der Waals surface area contributed by atoms with Crippen LogP contribution >= 0.6 is 0 Å². The molecule has 10 nitrogen and oxygen atoms in total. The molecule has 10 heteroatoms. The first kappa shape index (κ1) is 19.6. The van der Waals surface area contributed by atoms with Gasteiger partial charge in [-0.05, 0) is 13.8 Å². The molecule has 2 rings (SSSR count). The van der Waals surface area contributed by atoms with Gasteiger partial charge in [-0.25, -0.2) is 0 Å². The van der Waals surface area contributed by atoms with Gasteiger partial charge in [0.1, 0.15) is 36.6 Å². The van der Waals surface area contributed by atoms with Gasteiger partial charge in [-0.3, -0.25) is 0 Å². The summed E-state index contributed by atoms with van der Waals surface area (Å²) >= 11 is 0. The lowest BCUT2D eigenvalue weighted by Crippen LogP contribution is -2.56. The highest BCUT2D eigenvalue weighted by molar-refractivity contribution is 4.86. The van der Waals surface area contributed by atoms with Gasteiger partial charge >= 0.3 is 0 Å². The van der Waals surface area contributed by atoms with Crippen molar-refractivity contribution in [3.8, 4) is 0 Å². The largest absolute Gasteiger partial charge is 0.388 e. The van der Waals surface area contributed by atoms with Gasteiger partial charge in [0, 0.05) is 0 Å². The third kappa shape index (κ3) is 4.32. The predicted molar refractivity (Wildman–Crippen MR) is 69.1 cm³/mol. The summed E-state index contributed by atoms with van der Waals surface area (Å²) in [6, 6.07) is 0. The van der Waals surface area contributed by atoms with Gasteiger partial charge in [0.25, 0.3) is 0 Å². The molecule has 0 aromatic rings. The maximum Gasteiger partial charge on any atom is 0.183 e. The highest BCUT2D eigenvalue weighted by atomic mass is 16.6. The topological polar surface area (TPSA) is 180 Å². The monoisotopic (exact) mass is 328 g/mol. The van der Waals surface area contributed by atoms with E-state index in [0.717, 1.165) is 0 Å². The number of rotatable bonds is 0. The minimum absolute atomic E-state index is 0.664. The molecule has 2 aliphatic heterocycles. The summed E-state index contributed by atoms with van der Waals surface area (Å²) in [4.78, 5) is 0. The molecule has 0 aliphatic carbocycles. The molecule has 10 atom stereocenters. The van der Waals surface area contributed by atoms with Crippen molar-refractivity contribution in [1.82, 2.24) is 0 Å². The van der Waals surface area contributed by atoms with E-state index in [1.165, 1.54) is 13.8 Å². The van der Waals surface area contributed by atoms with Crippen molar-refractivity contribution in [1.29, 1.82) is 0 Å². The molecule has 0 aromatic carbocycles. The second kappa shape index (κ2) is 7.93. The van der Waals surface area contributed by atoms with Crippen LogP contribution in [0.3, 0.4) is 0 Å². The molecule has 2 aliphatic rings. The van der Waals surface area contributed by atoms with Crippen molar-refractivity contribution in [3.63, 3.8) is 0 Å². The number of hydrogen-bond donors (Lipinski definition) is 8. The minimum atomic E-state index is -1.43. The van der Waals surface area contributed by atoms with Crippen LogP contribution in [0, 0.1) is 0 Å². The molecule has 22 heavy (non-hydrogen) atoms. The van der Waals surface area contributed by atoms with E-state index in [2.05, 4.69) is 9.47 Å². The Kier molecular flexibility index (Phi) is 7.08. The van der Waals surface area contributed by atoms with Crippen molar-refractivity contribution in [2.75, 3.05) is 0 Å². The summed E-state index contributed by atoms with van der Waals surface area (Å²) in [5.41, 5.74) is 0. The van der Waals surface area contributed by atoms with E-state index in [1.54, 1.807) is 0 Å². The lowest BCUT2D eigenvalue weighted by Gasteiger charge is -2.36. The van der Waals surface area contributed by atoms with Crippen molar-refractivity contribution in [2.24, 2.45) is 0 Å². The summed E-state index contributed by atoms with van der Waals surface area (Å²) in [6.07, 6.45) is -12.0. The lowest BCUT2D eigenvalue weighted by molar-refractivity contribution is -0.277. The Balaban J connectivity index is 0.000000220. The van der Waals surface area contributed by atoms with Crippen LogP contribution in [0.2, 0.25) is 0 Å². The zero-order chi connectivity index (χ0) is 17.2. The van der Waals surface area contributed by atoms with Crippen molar-refractivity contribution in [3.05, 3.63) is 0 Å². The third-order valence-corrected chi connectivity index (χ3v) is 3.65. The fourth-order valence-corrected chi connectivity index (χ4v) is 2.06. The van der Waals surface area contributed by atoms with Crippen LogP contribution in [0.1, 0.15) is 13.8 Å². The molecule has 0 bridgehead atoms. The molecule has 8 N–H and O–H groups in total. The van der Waals surface area contributed by atoms with Gasteiger partial charge in [0.15, 0.2) is 12.6 Å². The summed E-state index contributed by atoms with van der Waals surface area (Å²) in [5, 5.41) is 72.0. The highest BCUT2D eigenvalue weighted by Crippen LogP contribution is 2.19. The van der Waals surface area contributed by atoms with Gasteiger partial charge in [0.05, 0.1) is 12.2 Å². The Morgan fingerprint density at radius 2 is 0.727 bits per heavy atom. The quantitative estimate of drug-likeness (QED) is 0.216. The number of ether oxygens (including phenoxy) is 2. The molecule has 0 saturated carbocycles.